The number of unbranched alkanes of at least 4 members (excludes halogenated alkanes) is 1. The van der Waals surface area contributed by atoms with Crippen LogP contribution in [0.25, 0.3) is 10.8 Å². The summed E-state index contributed by atoms with van der Waals surface area (Å²) >= 11 is 0. The van der Waals surface area contributed by atoms with Crippen LogP contribution in [-0.4, -0.2) is 25.2 Å². The van der Waals surface area contributed by atoms with Crippen molar-refractivity contribution in [2.75, 3.05) is 10.5 Å². The van der Waals surface area contributed by atoms with E-state index in [4.69, 9.17) is 4.74 Å². The number of hydrogen-bond donors (Lipinski definition) is 2. The van der Waals surface area contributed by atoms with Crippen LogP contribution < -0.4 is 9.46 Å². The smallest absolute Gasteiger partial charge is 0.337 e. The number of sulfonamides is 1. The highest BCUT2D eigenvalue weighted by atomic mass is 32.2. The highest BCUT2D eigenvalue weighted by Gasteiger charge is 2.17. The largest absolute Gasteiger partial charge is 0.478 e. The molecule has 0 aliphatic heterocycles. The van der Waals surface area contributed by atoms with Gasteiger partial charge < -0.3 is 9.84 Å². The third-order valence-corrected chi connectivity index (χ3v) is 5.59. The number of aromatic carboxylic acids is 1. The molecule has 28 heavy (non-hydrogen) atoms. The summed E-state index contributed by atoms with van der Waals surface area (Å²) in [6.45, 7) is 1.89. The Bertz CT molecular complexity index is 1100. The third kappa shape index (κ3) is 4.61. The molecule has 2 N–H and O–H groups in total. The summed E-state index contributed by atoms with van der Waals surface area (Å²) in [4.78, 5) is 11.5. The number of ether oxygens (including phenoxy) is 1. The molecule has 3 aromatic carbocycles. The Kier molecular flexibility index (Phi) is 5.84. The van der Waals surface area contributed by atoms with Crippen molar-refractivity contribution in [3.8, 4) is 11.5 Å². The number of hydrogen-bond acceptors (Lipinski definition) is 4. The lowest BCUT2D eigenvalue weighted by Gasteiger charge is -2.14. The monoisotopic (exact) mass is 399 g/mol. The Morgan fingerprint density at radius 2 is 1.82 bits per heavy atom. The summed E-state index contributed by atoms with van der Waals surface area (Å²) in [6.07, 6.45) is 1.21. The molecule has 7 heteroatoms. The molecule has 3 aromatic rings. The minimum absolute atomic E-state index is 0.0126. The summed E-state index contributed by atoms with van der Waals surface area (Å²) in [5.74, 6) is -0.350. The second kappa shape index (κ2) is 8.31. The van der Waals surface area contributed by atoms with Gasteiger partial charge in [0, 0.05) is 11.5 Å². The number of nitrogens with one attached hydrogen (secondary N) is 1. The van der Waals surface area contributed by atoms with E-state index in [-0.39, 0.29) is 17.0 Å². The molecule has 0 radical (unpaired) electrons. The van der Waals surface area contributed by atoms with Gasteiger partial charge in [0.1, 0.15) is 11.5 Å². The minimum atomic E-state index is -3.65. The molecule has 0 saturated carbocycles. The maximum Gasteiger partial charge on any atom is 0.337 e. The molecule has 6 nitrogen and oxygen atoms in total. The first-order valence-corrected chi connectivity index (χ1v) is 10.6. The van der Waals surface area contributed by atoms with Crippen LogP contribution in [-0.2, 0) is 10.0 Å². The molecule has 0 aliphatic rings. The van der Waals surface area contributed by atoms with Gasteiger partial charge >= 0.3 is 5.97 Å². The van der Waals surface area contributed by atoms with Gasteiger partial charge in [0.25, 0.3) is 0 Å². The standard InChI is InChI=1S/C21H21NO5S/c1-2-3-13-28(25,26)22-19-14-16(11-12-18(19)21(23)24)27-20-10-6-8-15-7-4-5-9-17(15)20/h4-12,14,22H,2-3,13H2,1H3,(H,23,24). The molecule has 0 heterocycles. The lowest BCUT2D eigenvalue weighted by atomic mass is 10.1. The molecule has 146 valence electrons. The molecule has 0 amide bonds. The second-order valence-corrected chi connectivity index (χ2v) is 8.21. The number of rotatable bonds is 8. The lowest BCUT2D eigenvalue weighted by molar-refractivity contribution is 0.0698. The van der Waals surface area contributed by atoms with E-state index >= 15 is 0 Å². The number of benzene rings is 3. The summed E-state index contributed by atoms with van der Waals surface area (Å²) in [6, 6.07) is 17.6. The zero-order valence-electron chi connectivity index (χ0n) is 15.4. The first kappa shape index (κ1) is 19.7. The van der Waals surface area contributed by atoms with E-state index in [1.807, 2.05) is 43.3 Å². The SMILES string of the molecule is CCCCS(=O)(=O)Nc1cc(Oc2cccc3ccccc23)ccc1C(=O)O. The van der Waals surface area contributed by atoms with Gasteiger partial charge in [0.2, 0.25) is 10.0 Å². The van der Waals surface area contributed by atoms with Gasteiger partial charge in [0.05, 0.1) is 17.0 Å². The van der Waals surface area contributed by atoms with Crippen molar-refractivity contribution < 1.29 is 23.1 Å². The third-order valence-electron chi connectivity index (χ3n) is 4.23. The first-order chi connectivity index (χ1) is 13.4. The summed E-state index contributed by atoms with van der Waals surface area (Å²) in [7, 11) is -3.65. The molecule has 0 spiro atoms. The second-order valence-electron chi connectivity index (χ2n) is 6.37. The molecule has 0 aromatic heterocycles. The van der Waals surface area contributed by atoms with Crippen LogP contribution in [0.1, 0.15) is 30.1 Å². The van der Waals surface area contributed by atoms with Crippen molar-refractivity contribution in [1.82, 2.24) is 0 Å². The maximum absolute atomic E-state index is 12.2. The molecular formula is C21H21NO5S. The average Bonchev–Trinajstić information content (AvgIpc) is 2.66. The van der Waals surface area contributed by atoms with Gasteiger partial charge in [-0.2, -0.15) is 0 Å². The fraction of sp³-hybridized carbons (Fsp3) is 0.190. The van der Waals surface area contributed by atoms with E-state index in [0.717, 1.165) is 17.2 Å². The molecule has 3 rings (SSSR count). The van der Waals surface area contributed by atoms with Crippen LogP contribution in [0.2, 0.25) is 0 Å². The number of carbonyl (C=O) groups is 1. The summed E-state index contributed by atoms with van der Waals surface area (Å²) in [5.41, 5.74) is -0.147. The predicted octanol–water partition coefficient (Wildman–Crippen LogP) is 4.87. The van der Waals surface area contributed by atoms with Crippen LogP contribution in [0, 0.1) is 0 Å². The molecular weight excluding hydrogens is 378 g/mol. The lowest BCUT2D eigenvalue weighted by Crippen LogP contribution is -2.18. The number of carboxylic acid groups (broad SMARTS) is 1. The van der Waals surface area contributed by atoms with Gasteiger partial charge in [-0.25, -0.2) is 13.2 Å². The predicted molar refractivity (Wildman–Crippen MR) is 110 cm³/mol. The zero-order chi connectivity index (χ0) is 20.1. The Morgan fingerprint density at radius 3 is 2.57 bits per heavy atom. The van der Waals surface area contributed by atoms with Gasteiger partial charge in [-0.1, -0.05) is 49.7 Å². The Hall–Kier alpha value is -3.06. The highest BCUT2D eigenvalue weighted by Crippen LogP contribution is 2.32. The molecule has 0 unspecified atom stereocenters. The average molecular weight is 399 g/mol. The van der Waals surface area contributed by atoms with E-state index in [9.17, 15) is 18.3 Å². The van der Waals surface area contributed by atoms with E-state index in [0.29, 0.717) is 17.9 Å². The van der Waals surface area contributed by atoms with Crippen molar-refractivity contribution in [2.24, 2.45) is 0 Å². The van der Waals surface area contributed by atoms with Crippen LogP contribution in [0.4, 0.5) is 5.69 Å². The topological polar surface area (TPSA) is 92.7 Å². The zero-order valence-corrected chi connectivity index (χ0v) is 16.2. The summed E-state index contributed by atoms with van der Waals surface area (Å²) < 4.78 is 32.8. The Balaban J connectivity index is 1.95. The molecule has 0 aliphatic carbocycles. The minimum Gasteiger partial charge on any atom is -0.478 e. The van der Waals surface area contributed by atoms with Gasteiger partial charge in [-0.3, -0.25) is 4.72 Å². The van der Waals surface area contributed by atoms with E-state index < -0.39 is 16.0 Å². The van der Waals surface area contributed by atoms with Gasteiger partial charge in [-0.15, -0.1) is 0 Å². The van der Waals surface area contributed by atoms with Crippen LogP contribution >= 0.6 is 0 Å². The van der Waals surface area contributed by atoms with E-state index in [2.05, 4.69) is 4.72 Å². The summed E-state index contributed by atoms with van der Waals surface area (Å²) in [5, 5.41) is 11.3. The van der Waals surface area contributed by atoms with Crippen LogP contribution in [0.15, 0.2) is 60.7 Å². The molecule has 0 atom stereocenters. The van der Waals surface area contributed by atoms with Crippen LogP contribution in [0.3, 0.4) is 0 Å². The van der Waals surface area contributed by atoms with Crippen molar-refractivity contribution >= 4 is 32.5 Å². The normalized spacial score (nSPS) is 11.3. The molecule has 0 bridgehead atoms. The van der Waals surface area contributed by atoms with E-state index in [1.165, 1.54) is 18.2 Å². The molecule has 0 fully saturated rings. The van der Waals surface area contributed by atoms with Crippen molar-refractivity contribution in [1.29, 1.82) is 0 Å². The maximum atomic E-state index is 12.2. The first-order valence-electron chi connectivity index (χ1n) is 8.93. The highest BCUT2D eigenvalue weighted by molar-refractivity contribution is 7.92. The van der Waals surface area contributed by atoms with Gasteiger partial charge in [-0.05, 0) is 30.0 Å². The van der Waals surface area contributed by atoms with Crippen molar-refractivity contribution in [2.45, 2.75) is 19.8 Å². The number of fused-ring (bicyclic) bond motifs is 1. The van der Waals surface area contributed by atoms with Crippen molar-refractivity contribution in [3.05, 3.63) is 66.2 Å². The Morgan fingerprint density at radius 1 is 1.07 bits per heavy atom. The fourth-order valence-corrected chi connectivity index (χ4v) is 4.10. The van der Waals surface area contributed by atoms with Gasteiger partial charge in [0.15, 0.2) is 0 Å². The van der Waals surface area contributed by atoms with Crippen LogP contribution in [0.5, 0.6) is 11.5 Å². The van der Waals surface area contributed by atoms with Crippen molar-refractivity contribution in [3.63, 3.8) is 0 Å². The molecule has 0 saturated heterocycles. The quantitative estimate of drug-likeness (QED) is 0.564. The van der Waals surface area contributed by atoms with E-state index in [1.54, 1.807) is 6.07 Å². The number of anilines is 1. The fourth-order valence-electron chi connectivity index (χ4n) is 2.82. The number of carboxylic acids is 1. The Labute approximate surface area is 163 Å².